The maximum atomic E-state index is 12.4. The Labute approximate surface area is 177 Å². The van der Waals surface area contributed by atoms with Gasteiger partial charge in [-0.1, -0.05) is 19.1 Å². The molecule has 0 aliphatic carbocycles. The molecule has 1 aliphatic heterocycles. The lowest BCUT2D eigenvalue weighted by atomic mass is 10.1. The van der Waals surface area contributed by atoms with Crippen molar-refractivity contribution in [3.63, 3.8) is 0 Å². The number of fused-ring (bicyclic) bond motifs is 1. The number of likely N-dealkylation sites (N-methyl/N-ethyl adjacent to an activating group) is 1. The van der Waals surface area contributed by atoms with Crippen LogP contribution in [0.25, 0.3) is 10.9 Å². The van der Waals surface area contributed by atoms with Crippen molar-refractivity contribution >= 4 is 34.1 Å². The molecule has 2 heterocycles. The number of anilines is 3. The first-order chi connectivity index (χ1) is 14.5. The van der Waals surface area contributed by atoms with Gasteiger partial charge in [-0.2, -0.15) is 0 Å². The first-order valence-corrected chi connectivity index (χ1v) is 10.5. The summed E-state index contributed by atoms with van der Waals surface area (Å²) in [6.07, 6.45) is 0.980. The van der Waals surface area contributed by atoms with Crippen LogP contribution in [0.4, 0.5) is 22.0 Å². The lowest BCUT2D eigenvalue weighted by Gasteiger charge is -2.33. The summed E-state index contributed by atoms with van der Waals surface area (Å²) >= 11 is 0. The molecule has 6 nitrogen and oxygen atoms in total. The third-order valence-corrected chi connectivity index (χ3v) is 5.71. The zero-order chi connectivity index (χ0) is 21.1. The van der Waals surface area contributed by atoms with Gasteiger partial charge in [0.2, 0.25) is 0 Å². The van der Waals surface area contributed by atoms with Gasteiger partial charge in [-0.3, -0.25) is 0 Å². The Morgan fingerprint density at radius 1 is 0.967 bits per heavy atom. The highest BCUT2D eigenvalue weighted by atomic mass is 16.2. The fraction of sp³-hybridized carbons (Fsp3) is 0.333. The Balaban J connectivity index is 1.48. The van der Waals surface area contributed by atoms with Gasteiger partial charge in [-0.25, -0.2) is 9.78 Å². The second-order valence-electron chi connectivity index (χ2n) is 7.95. The molecule has 0 saturated carbocycles. The molecule has 3 aromatic rings. The molecule has 0 radical (unpaired) electrons. The number of nitrogens with zero attached hydrogens (tertiary/aromatic N) is 3. The molecule has 6 heteroatoms. The van der Waals surface area contributed by atoms with Gasteiger partial charge in [0.15, 0.2) is 0 Å². The molecule has 156 valence electrons. The topological polar surface area (TPSA) is 60.5 Å². The highest BCUT2D eigenvalue weighted by molar-refractivity contribution is 6.01. The number of amides is 2. The molecule has 1 fully saturated rings. The Kier molecular flexibility index (Phi) is 5.86. The Morgan fingerprint density at radius 2 is 1.63 bits per heavy atom. The molecule has 0 atom stereocenters. The van der Waals surface area contributed by atoms with E-state index in [0.717, 1.165) is 66.3 Å². The average molecular weight is 404 g/mol. The number of benzene rings is 2. The summed E-state index contributed by atoms with van der Waals surface area (Å²) in [6, 6.07) is 15.7. The van der Waals surface area contributed by atoms with E-state index in [1.807, 2.05) is 42.5 Å². The standard InChI is InChI=1S/C24H29N5O/c1-4-18-5-7-19(8-6-18)25-24(30)26-20-9-10-22-21(16-20)17(2)15-23(27-22)29-13-11-28(3)12-14-29/h5-10,15-16H,4,11-14H2,1-3H3,(H2,25,26,30). The number of hydrogen-bond acceptors (Lipinski definition) is 4. The molecule has 1 aliphatic rings. The minimum absolute atomic E-state index is 0.252. The van der Waals surface area contributed by atoms with Crippen LogP contribution >= 0.6 is 0 Å². The zero-order valence-electron chi connectivity index (χ0n) is 17.9. The molecule has 0 spiro atoms. The van der Waals surface area contributed by atoms with E-state index in [2.05, 4.69) is 47.4 Å². The number of urea groups is 1. The van der Waals surface area contributed by atoms with Gasteiger partial charge in [0.1, 0.15) is 5.82 Å². The van der Waals surface area contributed by atoms with Crippen molar-refractivity contribution < 1.29 is 4.79 Å². The quantitative estimate of drug-likeness (QED) is 0.673. The smallest absolute Gasteiger partial charge is 0.323 e. The number of piperazine rings is 1. The summed E-state index contributed by atoms with van der Waals surface area (Å²) in [5.74, 6) is 1.03. The minimum atomic E-state index is -0.252. The van der Waals surface area contributed by atoms with Crippen molar-refractivity contribution in [1.29, 1.82) is 0 Å². The molecule has 0 bridgehead atoms. The van der Waals surface area contributed by atoms with Gasteiger partial charge in [-0.05, 0) is 67.9 Å². The van der Waals surface area contributed by atoms with Crippen molar-refractivity contribution in [3.05, 3.63) is 59.7 Å². The van der Waals surface area contributed by atoms with Crippen molar-refractivity contribution in [1.82, 2.24) is 9.88 Å². The Bertz CT molecular complexity index is 1040. The third kappa shape index (κ3) is 4.54. The lowest BCUT2D eigenvalue weighted by molar-refractivity contribution is 0.262. The summed E-state index contributed by atoms with van der Waals surface area (Å²) in [6.45, 7) is 8.30. The van der Waals surface area contributed by atoms with E-state index in [1.54, 1.807) is 0 Å². The predicted octanol–water partition coefficient (Wildman–Crippen LogP) is 4.50. The number of carbonyl (C=O) groups is 1. The molecule has 2 aromatic carbocycles. The van der Waals surface area contributed by atoms with Crippen molar-refractivity contribution in [2.45, 2.75) is 20.3 Å². The van der Waals surface area contributed by atoms with Crippen LogP contribution in [0.2, 0.25) is 0 Å². The largest absolute Gasteiger partial charge is 0.354 e. The number of rotatable bonds is 4. The molecule has 0 unspecified atom stereocenters. The predicted molar refractivity (Wildman–Crippen MR) is 125 cm³/mol. The highest BCUT2D eigenvalue weighted by Gasteiger charge is 2.16. The van der Waals surface area contributed by atoms with Gasteiger partial charge in [0.05, 0.1) is 5.52 Å². The fourth-order valence-corrected chi connectivity index (χ4v) is 3.77. The number of pyridine rings is 1. The first kappa shape index (κ1) is 20.2. The summed E-state index contributed by atoms with van der Waals surface area (Å²) in [7, 11) is 2.15. The van der Waals surface area contributed by atoms with E-state index in [-0.39, 0.29) is 6.03 Å². The number of hydrogen-bond donors (Lipinski definition) is 2. The SMILES string of the molecule is CCc1ccc(NC(=O)Nc2ccc3nc(N4CCN(C)CC4)cc(C)c3c2)cc1. The lowest BCUT2D eigenvalue weighted by Crippen LogP contribution is -2.44. The van der Waals surface area contributed by atoms with E-state index >= 15 is 0 Å². The van der Waals surface area contributed by atoms with Crippen LogP contribution in [0.15, 0.2) is 48.5 Å². The number of aryl methyl sites for hydroxylation is 2. The second kappa shape index (κ2) is 8.71. The van der Waals surface area contributed by atoms with E-state index in [1.165, 1.54) is 5.56 Å². The normalized spacial score (nSPS) is 14.7. The maximum absolute atomic E-state index is 12.4. The van der Waals surface area contributed by atoms with Crippen LogP contribution in [0.5, 0.6) is 0 Å². The average Bonchev–Trinajstić information content (AvgIpc) is 2.75. The van der Waals surface area contributed by atoms with Crippen LogP contribution in [0.3, 0.4) is 0 Å². The first-order valence-electron chi connectivity index (χ1n) is 10.5. The summed E-state index contributed by atoms with van der Waals surface area (Å²) in [5.41, 5.74) is 4.88. The molecule has 30 heavy (non-hydrogen) atoms. The molecule has 1 aromatic heterocycles. The van der Waals surface area contributed by atoms with Crippen molar-refractivity contribution in [2.24, 2.45) is 0 Å². The number of aromatic nitrogens is 1. The van der Waals surface area contributed by atoms with Gasteiger partial charge < -0.3 is 20.4 Å². The molecule has 2 N–H and O–H groups in total. The molecular formula is C24H29N5O. The van der Waals surface area contributed by atoms with Crippen molar-refractivity contribution in [2.75, 3.05) is 48.8 Å². The molecule has 2 amide bonds. The van der Waals surface area contributed by atoms with E-state index in [4.69, 9.17) is 4.98 Å². The van der Waals surface area contributed by atoms with Gasteiger partial charge in [-0.15, -0.1) is 0 Å². The summed E-state index contributed by atoms with van der Waals surface area (Å²) in [4.78, 5) is 21.9. The second-order valence-corrected chi connectivity index (χ2v) is 7.95. The van der Waals surface area contributed by atoms with Gasteiger partial charge >= 0.3 is 6.03 Å². The molecular weight excluding hydrogens is 374 g/mol. The van der Waals surface area contributed by atoms with Crippen LogP contribution < -0.4 is 15.5 Å². The monoisotopic (exact) mass is 403 g/mol. The Hall–Kier alpha value is -3.12. The van der Waals surface area contributed by atoms with E-state index in [9.17, 15) is 4.79 Å². The van der Waals surface area contributed by atoms with Crippen LogP contribution in [0, 0.1) is 6.92 Å². The van der Waals surface area contributed by atoms with Crippen LogP contribution in [0.1, 0.15) is 18.1 Å². The van der Waals surface area contributed by atoms with Crippen LogP contribution in [-0.2, 0) is 6.42 Å². The maximum Gasteiger partial charge on any atom is 0.323 e. The summed E-state index contributed by atoms with van der Waals surface area (Å²) in [5, 5.41) is 6.86. The van der Waals surface area contributed by atoms with Crippen LogP contribution in [-0.4, -0.2) is 49.1 Å². The molecule has 4 rings (SSSR count). The van der Waals surface area contributed by atoms with Crippen molar-refractivity contribution in [3.8, 4) is 0 Å². The highest BCUT2D eigenvalue weighted by Crippen LogP contribution is 2.26. The number of carbonyl (C=O) groups excluding carboxylic acids is 1. The minimum Gasteiger partial charge on any atom is -0.354 e. The molecule has 1 saturated heterocycles. The van der Waals surface area contributed by atoms with E-state index < -0.39 is 0 Å². The number of nitrogens with one attached hydrogen (secondary N) is 2. The van der Waals surface area contributed by atoms with E-state index in [0.29, 0.717) is 0 Å². The van der Waals surface area contributed by atoms with Gasteiger partial charge in [0, 0.05) is 42.9 Å². The fourth-order valence-electron chi connectivity index (χ4n) is 3.77. The Morgan fingerprint density at radius 3 is 2.33 bits per heavy atom. The van der Waals surface area contributed by atoms with Gasteiger partial charge in [0.25, 0.3) is 0 Å². The summed E-state index contributed by atoms with van der Waals surface area (Å²) < 4.78 is 0. The zero-order valence-corrected chi connectivity index (χ0v) is 17.9. The third-order valence-electron chi connectivity index (χ3n) is 5.71.